The molecule has 3 heteroatoms. The predicted molar refractivity (Wildman–Crippen MR) is 38.1 cm³/mol. The molecule has 0 aromatic carbocycles. The van der Waals surface area contributed by atoms with Crippen molar-refractivity contribution in [3.63, 3.8) is 0 Å². The van der Waals surface area contributed by atoms with Crippen LogP contribution < -0.4 is 5.20 Å². The highest BCUT2D eigenvalue weighted by atomic mass is 31.1. The van der Waals surface area contributed by atoms with Gasteiger partial charge >= 0.3 is 0 Å². The largest absolute Gasteiger partial charge is 0.244 e. The quantitative estimate of drug-likeness (QED) is 0.491. The Bertz CT molecular complexity index is 68.8. The fourth-order valence-corrected chi connectivity index (χ4v) is 2.34. The van der Waals surface area contributed by atoms with Gasteiger partial charge < -0.3 is 0 Å². The fourth-order valence-electron chi connectivity index (χ4n) is 0.936. The van der Waals surface area contributed by atoms with Crippen LogP contribution in [0.4, 0.5) is 0 Å². The van der Waals surface area contributed by atoms with Gasteiger partial charge in [-0.25, -0.2) is 10.2 Å². The third-order valence-electron chi connectivity index (χ3n) is 1.33. The maximum Gasteiger partial charge on any atom is 0.0134 e. The van der Waals surface area contributed by atoms with E-state index in [2.05, 4.69) is 23.9 Å². The molecule has 1 rings (SSSR count). The topological polar surface area (TPSA) is 15.3 Å². The first-order chi connectivity index (χ1) is 3.79. The molecule has 0 aromatic heterocycles. The maximum absolute atomic E-state index is 3.38. The molecule has 0 amide bonds. The van der Waals surface area contributed by atoms with E-state index >= 15 is 0 Å². The molecule has 1 atom stereocenters. The lowest BCUT2D eigenvalue weighted by atomic mass is 10.5. The van der Waals surface area contributed by atoms with Gasteiger partial charge in [0.05, 0.1) is 0 Å². The molecule has 1 N–H and O–H groups in total. The Hall–Kier alpha value is 0.350. The molecule has 1 aliphatic heterocycles. The third-order valence-corrected chi connectivity index (χ3v) is 3.00. The average Bonchev–Trinajstić information content (AvgIpc) is 1.64. The van der Waals surface area contributed by atoms with Crippen molar-refractivity contribution in [1.29, 1.82) is 0 Å². The van der Waals surface area contributed by atoms with Crippen molar-refractivity contribution >= 4 is 8.07 Å². The molecule has 0 spiro atoms. The lowest BCUT2D eigenvalue weighted by Crippen LogP contribution is -2.35. The van der Waals surface area contributed by atoms with Crippen molar-refractivity contribution in [3.05, 3.63) is 0 Å². The molecule has 1 heterocycles. The molecule has 8 heavy (non-hydrogen) atoms. The van der Waals surface area contributed by atoms with Crippen molar-refractivity contribution < 1.29 is 0 Å². The van der Waals surface area contributed by atoms with Gasteiger partial charge in [-0.05, 0) is 27.3 Å². The summed E-state index contributed by atoms with van der Waals surface area (Å²) in [6.45, 7) is 3.50. The summed E-state index contributed by atoms with van der Waals surface area (Å²) >= 11 is 0. The summed E-state index contributed by atoms with van der Waals surface area (Å²) in [5.41, 5.74) is 0. The summed E-state index contributed by atoms with van der Waals surface area (Å²) in [5, 5.41) is 5.57. The van der Waals surface area contributed by atoms with Crippen LogP contribution in [0.15, 0.2) is 0 Å². The molecule has 0 radical (unpaired) electrons. The number of nitrogens with one attached hydrogen (secondary N) is 1. The Balaban J connectivity index is 2.23. The van der Waals surface area contributed by atoms with E-state index in [9.17, 15) is 0 Å². The number of hydrazine groups is 1. The zero-order valence-electron chi connectivity index (χ0n) is 5.52. The van der Waals surface area contributed by atoms with Crippen LogP contribution in [0, 0.1) is 0 Å². The molecular weight excluding hydrogens is 119 g/mol. The number of hydrogen-bond donors (Lipinski definition) is 1. The molecule has 0 aromatic rings. The first kappa shape index (κ1) is 6.47. The second kappa shape index (κ2) is 2.77. The summed E-state index contributed by atoms with van der Waals surface area (Å²) in [7, 11) is 2.25. The van der Waals surface area contributed by atoms with Crippen LogP contribution >= 0.6 is 8.07 Å². The van der Waals surface area contributed by atoms with Crippen LogP contribution in [-0.4, -0.2) is 31.4 Å². The summed E-state index contributed by atoms with van der Waals surface area (Å²) in [5.74, 6) is 0. The van der Waals surface area contributed by atoms with Crippen molar-refractivity contribution in [3.8, 4) is 0 Å². The minimum atomic E-state index is 0.145. The predicted octanol–water partition coefficient (Wildman–Crippen LogP) is 0.853. The fraction of sp³-hybridized carbons (Fsp3) is 1.00. The van der Waals surface area contributed by atoms with Crippen molar-refractivity contribution in [2.75, 3.05) is 26.4 Å². The number of rotatable bonds is 0. The Morgan fingerprint density at radius 1 is 1.62 bits per heavy atom. The lowest BCUT2D eigenvalue weighted by Gasteiger charge is -2.28. The second-order valence-electron chi connectivity index (χ2n) is 2.30. The molecule has 1 fully saturated rings. The number of nitrogens with zero attached hydrogens (tertiary/aromatic N) is 1. The minimum absolute atomic E-state index is 0.145. The second-order valence-corrected chi connectivity index (χ2v) is 4.34. The van der Waals surface area contributed by atoms with Crippen LogP contribution in [0.2, 0.25) is 0 Å². The van der Waals surface area contributed by atoms with Gasteiger partial charge in [0, 0.05) is 13.6 Å². The summed E-state index contributed by atoms with van der Waals surface area (Å²) in [6.07, 6.45) is 2.76. The van der Waals surface area contributed by atoms with Crippen molar-refractivity contribution in [2.45, 2.75) is 6.42 Å². The van der Waals surface area contributed by atoms with E-state index in [-0.39, 0.29) is 8.07 Å². The highest BCUT2D eigenvalue weighted by Gasteiger charge is 2.09. The van der Waals surface area contributed by atoms with Gasteiger partial charge in [-0.1, -0.05) is 0 Å². The zero-order chi connectivity index (χ0) is 5.98. The van der Waals surface area contributed by atoms with Gasteiger partial charge in [-0.2, -0.15) is 0 Å². The number of hydrogen-bond acceptors (Lipinski definition) is 2. The first-order valence-electron chi connectivity index (χ1n) is 2.97. The van der Waals surface area contributed by atoms with E-state index in [1.54, 1.807) is 0 Å². The van der Waals surface area contributed by atoms with Crippen LogP contribution in [0.1, 0.15) is 6.42 Å². The first-order valence-corrected chi connectivity index (χ1v) is 4.95. The van der Waals surface area contributed by atoms with Gasteiger partial charge in [-0.3, -0.25) is 0 Å². The Morgan fingerprint density at radius 2 is 2.38 bits per heavy atom. The summed E-state index contributed by atoms with van der Waals surface area (Å²) < 4.78 is 0. The molecule has 1 aliphatic rings. The van der Waals surface area contributed by atoms with Gasteiger partial charge in [0.25, 0.3) is 0 Å². The average molecular weight is 132 g/mol. The van der Waals surface area contributed by atoms with Crippen LogP contribution in [-0.2, 0) is 0 Å². The monoisotopic (exact) mass is 132 g/mol. The Kier molecular flexibility index (Phi) is 2.24. The summed E-state index contributed by atoms with van der Waals surface area (Å²) in [4.78, 5) is 0. The lowest BCUT2D eigenvalue weighted by molar-refractivity contribution is 0.294. The van der Waals surface area contributed by atoms with E-state index in [1.165, 1.54) is 19.1 Å². The standard InChI is InChI=1S/C5H13N2P/c1-7-4-3-5-8(2)6-7/h6H,3-5H2,1-2H3. The maximum atomic E-state index is 3.38. The van der Waals surface area contributed by atoms with Crippen LogP contribution in [0.25, 0.3) is 0 Å². The van der Waals surface area contributed by atoms with Gasteiger partial charge in [-0.15, -0.1) is 0 Å². The Labute approximate surface area is 52.0 Å². The SMILES string of the molecule is CN1CCCP(C)N1. The molecular formula is C5H13N2P. The molecule has 1 saturated heterocycles. The molecule has 0 aliphatic carbocycles. The highest BCUT2D eigenvalue weighted by Crippen LogP contribution is 2.28. The van der Waals surface area contributed by atoms with E-state index in [1.807, 2.05) is 0 Å². The van der Waals surface area contributed by atoms with Gasteiger partial charge in [0.2, 0.25) is 0 Å². The van der Waals surface area contributed by atoms with Crippen molar-refractivity contribution in [2.24, 2.45) is 0 Å². The van der Waals surface area contributed by atoms with E-state index < -0.39 is 0 Å². The van der Waals surface area contributed by atoms with E-state index in [4.69, 9.17) is 0 Å². The van der Waals surface area contributed by atoms with Gasteiger partial charge in [0.15, 0.2) is 0 Å². The Morgan fingerprint density at radius 3 is 2.75 bits per heavy atom. The molecule has 0 bridgehead atoms. The minimum Gasteiger partial charge on any atom is -0.244 e. The van der Waals surface area contributed by atoms with Crippen LogP contribution in [0.5, 0.6) is 0 Å². The van der Waals surface area contributed by atoms with Gasteiger partial charge in [0.1, 0.15) is 0 Å². The molecule has 1 unspecified atom stereocenters. The molecule has 2 nitrogen and oxygen atoms in total. The molecule has 48 valence electrons. The summed E-state index contributed by atoms with van der Waals surface area (Å²) in [6, 6.07) is 0. The van der Waals surface area contributed by atoms with Crippen LogP contribution in [0.3, 0.4) is 0 Å². The van der Waals surface area contributed by atoms with E-state index in [0.717, 1.165) is 0 Å². The zero-order valence-corrected chi connectivity index (χ0v) is 6.41. The van der Waals surface area contributed by atoms with E-state index in [0.29, 0.717) is 0 Å². The normalized spacial score (nSPS) is 33.0. The smallest absolute Gasteiger partial charge is 0.0134 e. The third kappa shape index (κ3) is 1.70. The van der Waals surface area contributed by atoms with Crippen molar-refractivity contribution in [1.82, 2.24) is 10.2 Å². The highest BCUT2D eigenvalue weighted by molar-refractivity contribution is 7.54. The molecule has 0 saturated carbocycles.